The minimum atomic E-state index is -1.31. The number of benzene rings is 2. The van der Waals surface area contributed by atoms with Crippen molar-refractivity contribution >= 4 is 18.0 Å². The van der Waals surface area contributed by atoms with Gasteiger partial charge in [-0.1, -0.05) is 48.5 Å². The number of nitriles is 1. The van der Waals surface area contributed by atoms with Gasteiger partial charge < -0.3 is 20.1 Å². The minimum absolute atomic E-state index is 0.107. The Morgan fingerprint density at radius 1 is 1.17 bits per heavy atom. The second-order valence-electron chi connectivity index (χ2n) is 9.25. The molecule has 35 heavy (non-hydrogen) atoms. The summed E-state index contributed by atoms with van der Waals surface area (Å²) < 4.78 is 5.59. The van der Waals surface area contributed by atoms with E-state index in [-0.39, 0.29) is 25.4 Å². The monoisotopic (exact) mass is 475 g/mol. The molecule has 2 aromatic rings. The van der Waals surface area contributed by atoms with Crippen molar-refractivity contribution in [1.82, 2.24) is 10.2 Å². The number of carbonyl (C=O) groups is 3. The van der Waals surface area contributed by atoms with Crippen LogP contribution in [0.15, 0.2) is 48.5 Å². The van der Waals surface area contributed by atoms with Gasteiger partial charge in [-0.2, -0.15) is 5.26 Å². The first-order valence-electron chi connectivity index (χ1n) is 11.9. The van der Waals surface area contributed by atoms with Crippen molar-refractivity contribution in [2.75, 3.05) is 13.2 Å². The van der Waals surface area contributed by atoms with E-state index in [0.717, 1.165) is 22.3 Å². The Kier molecular flexibility index (Phi) is 7.06. The third kappa shape index (κ3) is 4.72. The van der Waals surface area contributed by atoms with Gasteiger partial charge in [-0.15, -0.1) is 0 Å². The molecule has 0 bridgehead atoms. The quantitative estimate of drug-likeness (QED) is 0.556. The summed E-state index contributed by atoms with van der Waals surface area (Å²) in [6.07, 6.45) is 1.04. The minimum Gasteiger partial charge on any atom is -0.480 e. The molecule has 2 amide bonds. The van der Waals surface area contributed by atoms with E-state index in [1.54, 1.807) is 0 Å². The summed E-state index contributed by atoms with van der Waals surface area (Å²) in [6.45, 7) is 1.94. The number of carbonyl (C=O) groups excluding carboxylic acids is 2. The van der Waals surface area contributed by atoms with Crippen LogP contribution in [0.5, 0.6) is 0 Å². The number of amides is 2. The topological polar surface area (TPSA) is 120 Å². The molecule has 0 saturated carbocycles. The molecule has 0 aromatic heterocycles. The Morgan fingerprint density at radius 2 is 1.80 bits per heavy atom. The van der Waals surface area contributed by atoms with E-state index in [1.165, 1.54) is 11.8 Å². The number of carboxylic acid groups (broad SMARTS) is 1. The number of aliphatic carboxylic acids is 1. The predicted molar refractivity (Wildman–Crippen MR) is 128 cm³/mol. The highest BCUT2D eigenvalue weighted by molar-refractivity contribution is 5.91. The number of unbranched alkanes of at least 4 members (excludes halogenated alkanes) is 1. The zero-order chi connectivity index (χ0) is 25.0. The van der Waals surface area contributed by atoms with Crippen LogP contribution in [-0.2, 0) is 14.3 Å². The van der Waals surface area contributed by atoms with E-state index in [0.29, 0.717) is 25.8 Å². The lowest BCUT2D eigenvalue weighted by atomic mass is 9.98. The normalized spacial score (nSPS) is 19.4. The highest BCUT2D eigenvalue weighted by atomic mass is 16.5. The van der Waals surface area contributed by atoms with E-state index >= 15 is 0 Å². The molecule has 1 saturated heterocycles. The molecule has 8 heteroatoms. The number of nitrogens with zero attached hydrogens (tertiary/aromatic N) is 2. The van der Waals surface area contributed by atoms with Crippen molar-refractivity contribution in [3.8, 4) is 17.2 Å². The maximum atomic E-state index is 13.3. The molecule has 1 aliphatic carbocycles. The predicted octanol–water partition coefficient (Wildman–Crippen LogP) is 4.05. The summed E-state index contributed by atoms with van der Waals surface area (Å²) in [7, 11) is 0. The van der Waals surface area contributed by atoms with Gasteiger partial charge in [0.05, 0.1) is 6.07 Å². The molecule has 8 nitrogen and oxygen atoms in total. The number of nitrogens with one attached hydrogen (secondary N) is 1. The zero-order valence-corrected chi connectivity index (χ0v) is 19.7. The van der Waals surface area contributed by atoms with Crippen LogP contribution in [-0.4, -0.2) is 52.7 Å². The fraction of sp³-hybridized carbons (Fsp3) is 0.407. The lowest BCUT2D eigenvalue weighted by Crippen LogP contribution is -2.57. The van der Waals surface area contributed by atoms with Gasteiger partial charge in [-0.05, 0) is 54.9 Å². The standard InChI is InChI=1S/C27H29N3O5/c1-27(25(32)33)14-8-16-30(27)24(31)23(13-6-7-15-28)29-26(34)35-17-22-20-11-4-2-9-18(20)19-10-3-5-12-21(19)22/h2-5,9-12,22-23H,6-8,13-14,16-17H2,1H3,(H,29,34)(H,32,33). The summed E-state index contributed by atoms with van der Waals surface area (Å²) in [5.41, 5.74) is 3.08. The van der Waals surface area contributed by atoms with Gasteiger partial charge in [-0.25, -0.2) is 9.59 Å². The molecule has 1 aliphatic heterocycles. The van der Waals surface area contributed by atoms with Crippen LogP contribution in [0.3, 0.4) is 0 Å². The van der Waals surface area contributed by atoms with Gasteiger partial charge in [0.1, 0.15) is 18.2 Å². The van der Waals surface area contributed by atoms with Gasteiger partial charge in [-0.3, -0.25) is 4.79 Å². The van der Waals surface area contributed by atoms with Crippen molar-refractivity contribution < 1.29 is 24.2 Å². The molecule has 1 fully saturated rings. The van der Waals surface area contributed by atoms with Crippen molar-refractivity contribution in [2.45, 2.75) is 56.5 Å². The van der Waals surface area contributed by atoms with Crippen LogP contribution in [0.4, 0.5) is 4.79 Å². The average Bonchev–Trinajstić information content (AvgIpc) is 3.41. The number of likely N-dealkylation sites (tertiary alicyclic amines) is 1. The number of hydrogen-bond acceptors (Lipinski definition) is 5. The first-order valence-corrected chi connectivity index (χ1v) is 11.9. The van der Waals surface area contributed by atoms with E-state index in [1.807, 2.05) is 54.6 Å². The van der Waals surface area contributed by atoms with Crippen LogP contribution < -0.4 is 5.32 Å². The zero-order valence-electron chi connectivity index (χ0n) is 19.7. The maximum Gasteiger partial charge on any atom is 0.407 e. The molecule has 2 aliphatic rings. The van der Waals surface area contributed by atoms with Gasteiger partial charge in [0.25, 0.3) is 0 Å². The maximum absolute atomic E-state index is 13.3. The molecule has 2 unspecified atom stereocenters. The van der Waals surface area contributed by atoms with Crippen LogP contribution >= 0.6 is 0 Å². The Balaban J connectivity index is 1.46. The third-order valence-electron chi connectivity index (χ3n) is 7.08. The second kappa shape index (κ2) is 10.2. The lowest BCUT2D eigenvalue weighted by molar-refractivity contribution is -0.156. The van der Waals surface area contributed by atoms with E-state index in [4.69, 9.17) is 10.00 Å². The Morgan fingerprint density at radius 3 is 2.40 bits per heavy atom. The van der Waals surface area contributed by atoms with Crippen LogP contribution in [0.1, 0.15) is 56.1 Å². The number of fused-ring (bicyclic) bond motifs is 3. The molecule has 182 valence electrons. The van der Waals surface area contributed by atoms with Crippen molar-refractivity contribution in [3.05, 3.63) is 59.7 Å². The van der Waals surface area contributed by atoms with E-state index < -0.39 is 29.6 Å². The van der Waals surface area contributed by atoms with Crippen LogP contribution in [0.2, 0.25) is 0 Å². The van der Waals surface area contributed by atoms with Gasteiger partial charge in [0.2, 0.25) is 5.91 Å². The molecule has 2 aromatic carbocycles. The summed E-state index contributed by atoms with van der Waals surface area (Å²) in [4.78, 5) is 39.3. The molecular formula is C27H29N3O5. The molecule has 1 heterocycles. The molecule has 4 rings (SSSR count). The van der Waals surface area contributed by atoms with Gasteiger partial charge in [0.15, 0.2) is 0 Å². The van der Waals surface area contributed by atoms with Crippen molar-refractivity contribution in [2.24, 2.45) is 0 Å². The van der Waals surface area contributed by atoms with Crippen LogP contribution in [0, 0.1) is 11.3 Å². The van der Waals surface area contributed by atoms with Gasteiger partial charge in [0, 0.05) is 18.9 Å². The van der Waals surface area contributed by atoms with Crippen molar-refractivity contribution in [1.29, 1.82) is 5.26 Å². The number of carboxylic acids is 1. The number of ether oxygens (including phenoxy) is 1. The summed E-state index contributed by atoms with van der Waals surface area (Å²) in [5.74, 6) is -1.64. The SMILES string of the molecule is CC1(C(=O)O)CCCN1C(=O)C(CCCC#N)NC(=O)OCC1c2ccccc2-c2ccccc21. The first kappa shape index (κ1) is 24.3. The summed E-state index contributed by atoms with van der Waals surface area (Å²) >= 11 is 0. The van der Waals surface area contributed by atoms with Crippen molar-refractivity contribution in [3.63, 3.8) is 0 Å². The number of alkyl carbamates (subject to hydrolysis) is 1. The van der Waals surface area contributed by atoms with E-state index in [9.17, 15) is 19.5 Å². The smallest absolute Gasteiger partial charge is 0.407 e. The first-order chi connectivity index (χ1) is 16.9. The van der Waals surface area contributed by atoms with Gasteiger partial charge >= 0.3 is 12.1 Å². The number of rotatable bonds is 8. The third-order valence-corrected chi connectivity index (χ3v) is 7.08. The molecule has 0 spiro atoms. The second-order valence-corrected chi connectivity index (χ2v) is 9.25. The molecular weight excluding hydrogens is 446 g/mol. The highest BCUT2D eigenvalue weighted by Gasteiger charge is 2.47. The Hall–Kier alpha value is -3.86. The fourth-order valence-electron chi connectivity index (χ4n) is 5.15. The molecule has 2 N–H and O–H groups in total. The Labute approximate surface area is 204 Å². The van der Waals surface area contributed by atoms with Crippen LogP contribution in [0.25, 0.3) is 11.1 Å². The molecule has 2 atom stereocenters. The summed E-state index contributed by atoms with van der Waals surface area (Å²) in [5, 5.41) is 21.2. The average molecular weight is 476 g/mol. The molecule has 0 radical (unpaired) electrons. The van der Waals surface area contributed by atoms with E-state index in [2.05, 4.69) is 5.32 Å². The Bertz CT molecular complexity index is 1130. The summed E-state index contributed by atoms with van der Waals surface area (Å²) in [6, 6.07) is 17.1. The fourth-order valence-corrected chi connectivity index (χ4v) is 5.15. The number of hydrogen-bond donors (Lipinski definition) is 2. The highest BCUT2D eigenvalue weighted by Crippen LogP contribution is 2.44. The lowest BCUT2D eigenvalue weighted by Gasteiger charge is -2.34. The largest absolute Gasteiger partial charge is 0.480 e.